The fourth-order valence-electron chi connectivity index (χ4n) is 0.747. The molecule has 1 unspecified atom stereocenters. The van der Waals surface area contributed by atoms with Crippen LogP contribution in [0.3, 0.4) is 0 Å². The zero-order valence-corrected chi connectivity index (χ0v) is 6.90. The van der Waals surface area contributed by atoms with Gasteiger partial charge in [0.2, 0.25) is 0 Å². The maximum absolute atomic E-state index is 9.07. The molecule has 0 aromatic carbocycles. The van der Waals surface area contributed by atoms with Crippen LogP contribution in [0.25, 0.3) is 0 Å². The molecule has 0 rings (SSSR count). The van der Waals surface area contributed by atoms with E-state index in [0.717, 1.165) is 19.1 Å². The summed E-state index contributed by atoms with van der Waals surface area (Å²) in [5, 5.41) is 17.3. The van der Waals surface area contributed by atoms with Gasteiger partial charge >= 0.3 is 0 Å². The summed E-state index contributed by atoms with van der Waals surface area (Å²) in [4.78, 5) is 0. The quantitative estimate of drug-likeness (QED) is 0.473. The van der Waals surface area contributed by atoms with Gasteiger partial charge in [0, 0.05) is 0 Å². The van der Waals surface area contributed by atoms with E-state index in [2.05, 4.69) is 13.0 Å². The molecule has 0 amide bonds. The highest BCUT2D eigenvalue weighted by Gasteiger charge is 1.94. The first kappa shape index (κ1) is 10.2. The second-order valence-electron chi connectivity index (χ2n) is 2.37. The maximum atomic E-state index is 9.07. The van der Waals surface area contributed by atoms with Crippen molar-refractivity contribution >= 4 is 0 Å². The van der Waals surface area contributed by atoms with E-state index < -0.39 is 6.10 Å². The van der Waals surface area contributed by atoms with Crippen molar-refractivity contribution in [1.82, 2.24) is 0 Å². The molecule has 0 aliphatic heterocycles. The van der Waals surface area contributed by atoms with Crippen LogP contribution in [0.2, 0.25) is 0 Å². The first-order valence-corrected chi connectivity index (χ1v) is 3.95. The molecule has 1 atom stereocenters. The number of hydrogen-bond acceptors (Lipinski definition) is 2. The van der Waals surface area contributed by atoms with Crippen molar-refractivity contribution in [1.29, 1.82) is 0 Å². The van der Waals surface area contributed by atoms with Gasteiger partial charge in [-0.2, -0.15) is 0 Å². The maximum Gasteiger partial charge on any atom is 0.0777 e. The van der Waals surface area contributed by atoms with E-state index in [-0.39, 0.29) is 0 Å². The van der Waals surface area contributed by atoms with E-state index >= 15 is 0 Å². The van der Waals surface area contributed by atoms with Gasteiger partial charge < -0.3 is 10.2 Å². The molecule has 2 N–H and O–H groups in total. The van der Waals surface area contributed by atoms with Gasteiger partial charge in [-0.25, -0.2) is 0 Å². The van der Waals surface area contributed by atoms with Gasteiger partial charge in [0.25, 0.3) is 0 Å². The summed E-state index contributed by atoms with van der Waals surface area (Å²) in [6.07, 6.45) is 8.41. The molecule has 0 fully saturated rings. The van der Waals surface area contributed by atoms with Gasteiger partial charge in [-0.15, -0.1) is 0 Å². The molecule has 0 aromatic rings. The van der Waals surface area contributed by atoms with Crippen LogP contribution in [0.5, 0.6) is 0 Å². The zero-order chi connectivity index (χ0) is 8.53. The number of rotatable bonds is 5. The average Bonchev–Trinajstić information content (AvgIpc) is 1.99. The van der Waals surface area contributed by atoms with Crippen molar-refractivity contribution in [3.8, 4) is 0 Å². The average molecular weight is 156 g/mol. The Morgan fingerprint density at radius 3 is 2.64 bits per heavy atom. The van der Waals surface area contributed by atoms with E-state index in [1.807, 2.05) is 6.08 Å². The summed E-state index contributed by atoms with van der Waals surface area (Å²) >= 11 is 0. The minimum absolute atomic E-state index is 0.512. The molecule has 0 saturated heterocycles. The predicted octanol–water partition coefficient (Wildman–Crippen LogP) is 2.17. The third-order valence-electron chi connectivity index (χ3n) is 1.34. The Bertz CT molecular complexity index is 128. The fourth-order valence-corrected chi connectivity index (χ4v) is 0.747. The highest BCUT2D eigenvalue weighted by atomic mass is 16.3. The predicted molar refractivity (Wildman–Crippen MR) is 46.4 cm³/mol. The smallest absolute Gasteiger partial charge is 0.0777 e. The molecule has 2 nitrogen and oxygen atoms in total. The van der Waals surface area contributed by atoms with Crippen molar-refractivity contribution in [3.05, 3.63) is 24.5 Å². The summed E-state index contributed by atoms with van der Waals surface area (Å²) in [6, 6.07) is 0. The van der Waals surface area contributed by atoms with Crippen molar-refractivity contribution in [2.24, 2.45) is 0 Å². The number of allylic oxidation sites excluding steroid dienone is 2. The van der Waals surface area contributed by atoms with Gasteiger partial charge in [-0.05, 0) is 25.3 Å². The lowest BCUT2D eigenvalue weighted by atomic mass is 10.2. The van der Waals surface area contributed by atoms with Crippen LogP contribution >= 0.6 is 0 Å². The third-order valence-corrected chi connectivity index (χ3v) is 1.34. The number of aliphatic hydroxyl groups excluding tert-OH is 2. The van der Waals surface area contributed by atoms with Crippen LogP contribution in [-0.2, 0) is 0 Å². The van der Waals surface area contributed by atoms with Crippen LogP contribution in [-0.4, -0.2) is 16.3 Å². The SMILES string of the molecule is CCC=CCCC(O)C=CO. The Hall–Kier alpha value is -0.760. The Morgan fingerprint density at radius 1 is 1.36 bits per heavy atom. The normalized spacial score (nSPS) is 14.7. The van der Waals surface area contributed by atoms with Crippen molar-refractivity contribution in [3.63, 3.8) is 0 Å². The summed E-state index contributed by atoms with van der Waals surface area (Å²) in [7, 11) is 0. The van der Waals surface area contributed by atoms with Gasteiger partial charge in [-0.3, -0.25) is 0 Å². The molecule has 0 aliphatic rings. The summed E-state index contributed by atoms with van der Waals surface area (Å²) in [6.45, 7) is 2.07. The lowest BCUT2D eigenvalue weighted by Gasteiger charge is -1.99. The van der Waals surface area contributed by atoms with Gasteiger partial charge in [0.05, 0.1) is 12.4 Å². The number of hydrogen-bond donors (Lipinski definition) is 2. The van der Waals surface area contributed by atoms with Crippen LogP contribution in [0.15, 0.2) is 24.5 Å². The van der Waals surface area contributed by atoms with Crippen LogP contribution in [0.4, 0.5) is 0 Å². The highest BCUT2D eigenvalue weighted by Crippen LogP contribution is 1.99. The summed E-state index contributed by atoms with van der Waals surface area (Å²) in [5.41, 5.74) is 0. The van der Waals surface area contributed by atoms with E-state index in [9.17, 15) is 0 Å². The van der Waals surface area contributed by atoms with Crippen molar-refractivity contribution in [2.45, 2.75) is 32.3 Å². The molecular formula is C9H16O2. The van der Waals surface area contributed by atoms with E-state index in [4.69, 9.17) is 10.2 Å². The second-order valence-corrected chi connectivity index (χ2v) is 2.37. The molecule has 0 aliphatic carbocycles. The lowest BCUT2D eigenvalue weighted by molar-refractivity contribution is 0.211. The van der Waals surface area contributed by atoms with E-state index in [1.54, 1.807) is 0 Å². The molecule has 11 heavy (non-hydrogen) atoms. The standard InChI is InChI=1S/C9H16O2/c1-2-3-4-5-6-9(11)7-8-10/h3-4,7-11H,2,5-6H2,1H3. The van der Waals surface area contributed by atoms with Crippen molar-refractivity contribution in [2.75, 3.05) is 0 Å². The first-order chi connectivity index (χ1) is 5.31. The Kier molecular flexibility index (Phi) is 6.84. The lowest BCUT2D eigenvalue weighted by Crippen LogP contribution is -2.00. The molecule has 2 heteroatoms. The molecule has 0 spiro atoms. The highest BCUT2D eigenvalue weighted by molar-refractivity contribution is 4.86. The minimum Gasteiger partial charge on any atom is -0.516 e. The van der Waals surface area contributed by atoms with Gasteiger partial charge in [0.15, 0.2) is 0 Å². The monoisotopic (exact) mass is 156 g/mol. The molecule has 64 valence electrons. The molecule has 0 bridgehead atoms. The van der Waals surface area contributed by atoms with Crippen LogP contribution < -0.4 is 0 Å². The van der Waals surface area contributed by atoms with Crippen molar-refractivity contribution < 1.29 is 10.2 Å². The molecule has 0 saturated carbocycles. The summed E-state index contributed by atoms with van der Waals surface area (Å²) in [5.74, 6) is 0. The molecule has 0 aromatic heterocycles. The Morgan fingerprint density at radius 2 is 2.09 bits per heavy atom. The Labute approximate surface area is 67.9 Å². The largest absolute Gasteiger partial charge is 0.516 e. The van der Waals surface area contributed by atoms with Gasteiger partial charge in [0.1, 0.15) is 0 Å². The van der Waals surface area contributed by atoms with E-state index in [0.29, 0.717) is 6.42 Å². The molecular weight excluding hydrogens is 140 g/mol. The fraction of sp³-hybridized carbons (Fsp3) is 0.556. The second kappa shape index (κ2) is 7.35. The minimum atomic E-state index is -0.512. The van der Waals surface area contributed by atoms with E-state index in [1.165, 1.54) is 6.08 Å². The van der Waals surface area contributed by atoms with Gasteiger partial charge in [-0.1, -0.05) is 19.1 Å². The Balaban J connectivity index is 3.30. The zero-order valence-electron chi connectivity index (χ0n) is 6.90. The van der Waals surface area contributed by atoms with Crippen LogP contribution in [0.1, 0.15) is 26.2 Å². The summed E-state index contributed by atoms with van der Waals surface area (Å²) < 4.78 is 0. The third kappa shape index (κ3) is 7.13. The topological polar surface area (TPSA) is 40.5 Å². The number of aliphatic hydroxyl groups is 2. The molecule has 0 heterocycles. The van der Waals surface area contributed by atoms with Crippen LogP contribution in [0, 0.1) is 0 Å². The molecule has 0 radical (unpaired) electrons. The first-order valence-electron chi connectivity index (χ1n) is 3.95.